The molecule has 1 saturated heterocycles. The number of nitrogens with one attached hydrogen (secondary N) is 1. The number of methoxy groups -OCH3 is 3. The molecule has 2 aromatic carbocycles. The number of rotatable bonds is 6. The number of carbonyl (C=O) groups is 1. The van der Waals surface area contributed by atoms with Crippen molar-refractivity contribution in [1.29, 1.82) is 0 Å². The number of aliphatic hydroxyl groups is 3. The maximum Gasteiger partial charge on any atom is 0.229 e. The van der Waals surface area contributed by atoms with Crippen molar-refractivity contribution in [2.45, 2.75) is 50.4 Å². The SMILES string of the molecule is COc1c(O[C@@H]2OC[C@@H](O)[C@H](O)[C@H]2O)cc2c(c1OC)-c1ccc(OC)c(=O)cc1[C@@H](NC(C)=O)CC2. The van der Waals surface area contributed by atoms with Gasteiger partial charge in [-0.3, -0.25) is 9.59 Å². The van der Waals surface area contributed by atoms with Gasteiger partial charge in [-0.15, -0.1) is 0 Å². The van der Waals surface area contributed by atoms with Gasteiger partial charge in [0.2, 0.25) is 23.4 Å². The third kappa shape index (κ3) is 5.08. The summed E-state index contributed by atoms with van der Waals surface area (Å²) in [6.07, 6.45) is -4.54. The summed E-state index contributed by atoms with van der Waals surface area (Å²) in [5.74, 6) is 0.593. The van der Waals surface area contributed by atoms with Gasteiger partial charge in [0.25, 0.3) is 0 Å². The van der Waals surface area contributed by atoms with Crippen LogP contribution in [0.15, 0.2) is 29.1 Å². The molecule has 2 aliphatic rings. The van der Waals surface area contributed by atoms with Crippen LogP contribution in [0.5, 0.6) is 23.0 Å². The first-order valence-electron chi connectivity index (χ1n) is 11.8. The molecule has 1 heterocycles. The van der Waals surface area contributed by atoms with Crippen molar-refractivity contribution in [2.24, 2.45) is 0 Å². The maximum atomic E-state index is 12.8. The van der Waals surface area contributed by atoms with Crippen LogP contribution in [-0.2, 0) is 16.0 Å². The maximum absolute atomic E-state index is 12.8. The molecule has 0 bridgehead atoms. The predicted octanol–water partition coefficient (Wildman–Crippen LogP) is 0.681. The smallest absolute Gasteiger partial charge is 0.229 e. The van der Waals surface area contributed by atoms with Gasteiger partial charge in [-0.2, -0.15) is 0 Å². The Bertz CT molecular complexity index is 1230. The van der Waals surface area contributed by atoms with Gasteiger partial charge in [-0.05, 0) is 47.7 Å². The average molecular weight is 518 g/mol. The van der Waals surface area contributed by atoms with Crippen LogP contribution in [-0.4, -0.2) is 73.8 Å². The Balaban J connectivity index is 1.90. The van der Waals surface area contributed by atoms with Gasteiger partial charge in [-0.25, -0.2) is 0 Å². The minimum absolute atomic E-state index is 0.145. The molecule has 1 aliphatic heterocycles. The second-order valence-corrected chi connectivity index (χ2v) is 8.91. The van der Waals surface area contributed by atoms with Crippen molar-refractivity contribution in [1.82, 2.24) is 5.32 Å². The van der Waals surface area contributed by atoms with Crippen LogP contribution in [0.1, 0.15) is 30.5 Å². The molecule has 1 fully saturated rings. The summed E-state index contributed by atoms with van der Waals surface area (Å²) in [4.78, 5) is 24.8. The minimum atomic E-state index is -1.51. The number of ether oxygens (including phenoxy) is 5. The molecule has 5 atom stereocenters. The largest absolute Gasteiger partial charge is 0.493 e. The molecule has 0 saturated carbocycles. The molecule has 37 heavy (non-hydrogen) atoms. The first-order valence-corrected chi connectivity index (χ1v) is 11.8. The van der Waals surface area contributed by atoms with E-state index in [0.29, 0.717) is 35.3 Å². The molecular formula is C26H31NO10. The standard InChI is InChI=1S/C26H31NO10/c1-12(28)27-16-7-5-13-9-20(37-26-23(32)22(31)18(30)11-36-26)24(34-3)25(35-4)21(13)14-6-8-19(33-2)17(29)10-15(14)16/h6,8-10,16,18,22-23,26,30-32H,5,7,11H2,1-4H3,(H,27,28)/t16-,18+,22-,23+,26-/m0/s1. The second kappa shape index (κ2) is 10.9. The van der Waals surface area contributed by atoms with Crippen molar-refractivity contribution in [3.05, 3.63) is 45.6 Å². The second-order valence-electron chi connectivity index (χ2n) is 8.91. The topological polar surface area (TPSA) is 153 Å². The number of amides is 1. The Kier molecular flexibility index (Phi) is 7.88. The molecule has 11 nitrogen and oxygen atoms in total. The molecule has 0 spiro atoms. The first-order chi connectivity index (χ1) is 17.7. The van der Waals surface area contributed by atoms with Crippen LogP contribution in [0.4, 0.5) is 0 Å². The van der Waals surface area contributed by atoms with E-state index in [2.05, 4.69) is 5.32 Å². The summed E-state index contributed by atoms with van der Waals surface area (Å²) in [5.41, 5.74) is 2.32. The molecule has 1 aliphatic carbocycles. The zero-order valence-corrected chi connectivity index (χ0v) is 21.0. The minimum Gasteiger partial charge on any atom is -0.493 e. The third-order valence-corrected chi connectivity index (χ3v) is 6.58. The lowest BCUT2D eigenvalue weighted by Gasteiger charge is -2.35. The van der Waals surface area contributed by atoms with E-state index in [0.717, 1.165) is 5.56 Å². The Morgan fingerprint density at radius 3 is 2.38 bits per heavy atom. The van der Waals surface area contributed by atoms with E-state index in [4.69, 9.17) is 23.7 Å². The fourth-order valence-electron chi connectivity index (χ4n) is 4.81. The van der Waals surface area contributed by atoms with Crippen LogP contribution in [0.3, 0.4) is 0 Å². The monoisotopic (exact) mass is 517 g/mol. The summed E-state index contributed by atoms with van der Waals surface area (Å²) in [6, 6.07) is 6.01. The molecule has 2 aromatic rings. The number of aryl methyl sites for hydroxylation is 1. The van der Waals surface area contributed by atoms with Gasteiger partial charge in [0.05, 0.1) is 34.0 Å². The third-order valence-electron chi connectivity index (χ3n) is 6.58. The van der Waals surface area contributed by atoms with Crippen molar-refractivity contribution in [3.8, 4) is 34.1 Å². The normalized spacial score (nSPS) is 24.7. The molecular weight excluding hydrogens is 486 g/mol. The lowest BCUT2D eigenvalue weighted by molar-refractivity contribution is -0.242. The van der Waals surface area contributed by atoms with Gasteiger partial charge < -0.3 is 44.3 Å². The fraction of sp³-hybridized carbons (Fsp3) is 0.462. The van der Waals surface area contributed by atoms with Crippen LogP contribution in [0.25, 0.3) is 11.1 Å². The lowest BCUT2D eigenvalue weighted by Crippen LogP contribution is -2.54. The van der Waals surface area contributed by atoms with E-state index < -0.39 is 30.6 Å². The Morgan fingerprint density at radius 2 is 1.73 bits per heavy atom. The van der Waals surface area contributed by atoms with E-state index in [1.165, 1.54) is 34.3 Å². The van der Waals surface area contributed by atoms with E-state index >= 15 is 0 Å². The molecule has 0 aromatic heterocycles. The summed E-state index contributed by atoms with van der Waals surface area (Å²) >= 11 is 0. The molecule has 4 rings (SSSR count). The van der Waals surface area contributed by atoms with Gasteiger partial charge in [0, 0.05) is 12.5 Å². The first kappa shape index (κ1) is 26.7. The number of aliphatic hydroxyl groups excluding tert-OH is 3. The van der Waals surface area contributed by atoms with Gasteiger partial charge >= 0.3 is 0 Å². The average Bonchev–Trinajstić information content (AvgIpc) is 3.11. The van der Waals surface area contributed by atoms with Crippen LogP contribution < -0.4 is 29.7 Å². The van der Waals surface area contributed by atoms with Gasteiger partial charge in [0.15, 0.2) is 17.2 Å². The molecule has 0 unspecified atom stereocenters. The molecule has 200 valence electrons. The van der Waals surface area contributed by atoms with E-state index in [-0.39, 0.29) is 35.2 Å². The van der Waals surface area contributed by atoms with Gasteiger partial charge in [0.1, 0.15) is 18.3 Å². The highest BCUT2D eigenvalue weighted by Gasteiger charge is 2.40. The molecule has 0 radical (unpaired) electrons. The predicted molar refractivity (Wildman–Crippen MR) is 131 cm³/mol. The zero-order chi connectivity index (χ0) is 26.9. The molecule has 1 amide bonds. The highest BCUT2D eigenvalue weighted by molar-refractivity contribution is 5.83. The molecule has 4 N–H and O–H groups in total. The number of hydrogen-bond acceptors (Lipinski definition) is 10. The molecule has 11 heteroatoms. The highest BCUT2D eigenvalue weighted by Crippen LogP contribution is 2.50. The summed E-state index contributed by atoms with van der Waals surface area (Å²) in [5, 5.41) is 33.1. The Morgan fingerprint density at radius 1 is 1.00 bits per heavy atom. The van der Waals surface area contributed by atoms with E-state index in [1.54, 1.807) is 18.2 Å². The van der Waals surface area contributed by atoms with Crippen molar-refractivity contribution < 1.29 is 43.8 Å². The quantitative estimate of drug-likeness (QED) is 0.430. The highest BCUT2D eigenvalue weighted by atomic mass is 16.7. The van der Waals surface area contributed by atoms with Crippen LogP contribution in [0.2, 0.25) is 0 Å². The van der Waals surface area contributed by atoms with E-state index in [9.17, 15) is 24.9 Å². The summed E-state index contributed by atoms with van der Waals surface area (Å²) in [7, 11) is 4.30. The fourth-order valence-corrected chi connectivity index (χ4v) is 4.81. The summed E-state index contributed by atoms with van der Waals surface area (Å²) < 4.78 is 28.0. The Hall–Kier alpha value is -3.38. The van der Waals surface area contributed by atoms with E-state index in [1.807, 2.05) is 0 Å². The number of carbonyl (C=O) groups excluding carboxylic acids is 1. The van der Waals surface area contributed by atoms with Crippen molar-refractivity contribution >= 4 is 5.91 Å². The lowest BCUT2D eigenvalue weighted by atomic mass is 9.95. The number of fused-ring (bicyclic) bond motifs is 3. The van der Waals surface area contributed by atoms with Crippen molar-refractivity contribution in [2.75, 3.05) is 27.9 Å². The van der Waals surface area contributed by atoms with Crippen molar-refractivity contribution in [3.63, 3.8) is 0 Å². The Labute approximate surface area is 213 Å². The number of benzene rings is 1. The van der Waals surface area contributed by atoms with Gasteiger partial charge in [-0.1, -0.05) is 6.07 Å². The summed E-state index contributed by atoms with van der Waals surface area (Å²) in [6.45, 7) is 1.19. The van der Waals surface area contributed by atoms with Crippen LogP contribution >= 0.6 is 0 Å². The number of hydrogen-bond donors (Lipinski definition) is 4. The van der Waals surface area contributed by atoms with Crippen LogP contribution in [0, 0.1) is 0 Å². The zero-order valence-electron chi connectivity index (χ0n) is 21.0.